The van der Waals surface area contributed by atoms with Gasteiger partial charge in [0.2, 0.25) is 5.91 Å². The second-order valence-electron chi connectivity index (χ2n) is 3.91. The molecule has 0 aromatic heterocycles. The second-order valence-corrected chi connectivity index (χ2v) is 3.91. The molecule has 0 heterocycles. The molecule has 1 aromatic carbocycles. The number of para-hydroxylation sites is 1. The largest absolute Gasteiger partial charge is 0.398 e. The van der Waals surface area contributed by atoms with E-state index >= 15 is 0 Å². The molecule has 5 heteroatoms. The van der Waals surface area contributed by atoms with Gasteiger partial charge in [0.25, 0.3) is 0 Å². The smallest absolute Gasteiger partial charge is 0.228 e. The Morgan fingerprint density at radius 1 is 1.50 bits per heavy atom. The standard InChI is InChI=1S/C13H17N3O2/c1-16-13(18)10(6-4-8-17)12(15)9-5-2-3-7-11(9)14/h2-3,5,7-8,10,15H,4,6,14H2,1H3,(H,16,18). The minimum atomic E-state index is -0.648. The molecule has 4 N–H and O–H groups in total. The maximum absolute atomic E-state index is 11.7. The van der Waals surface area contributed by atoms with Crippen LogP contribution in [0.2, 0.25) is 0 Å². The third-order valence-electron chi connectivity index (χ3n) is 2.74. The van der Waals surface area contributed by atoms with Crippen molar-refractivity contribution in [2.24, 2.45) is 5.92 Å². The average Bonchev–Trinajstić information content (AvgIpc) is 2.39. The maximum atomic E-state index is 11.7. The summed E-state index contributed by atoms with van der Waals surface area (Å²) >= 11 is 0. The van der Waals surface area contributed by atoms with Gasteiger partial charge in [-0.3, -0.25) is 4.79 Å². The molecular formula is C13H17N3O2. The number of aldehydes is 1. The maximum Gasteiger partial charge on any atom is 0.228 e. The van der Waals surface area contributed by atoms with Crippen LogP contribution < -0.4 is 11.1 Å². The number of hydrogen-bond donors (Lipinski definition) is 3. The number of anilines is 1. The molecule has 0 spiro atoms. The highest BCUT2D eigenvalue weighted by molar-refractivity contribution is 6.13. The Kier molecular flexibility index (Phi) is 5.05. The minimum absolute atomic E-state index is 0.148. The van der Waals surface area contributed by atoms with Crippen molar-refractivity contribution in [3.63, 3.8) is 0 Å². The molecule has 1 unspecified atom stereocenters. The van der Waals surface area contributed by atoms with Gasteiger partial charge in [-0.15, -0.1) is 0 Å². The molecule has 0 aliphatic carbocycles. The quantitative estimate of drug-likeness (QED) is 0.397. The normalized spacial score (nSPS) is 11.6. The lowest BCUT2D eigenvalue weighted by Crippen LogP contribution is -2.33. The highest BCUT2D eigenvalue weighted by Gasteiger charge is 2.24. The molecule has 18 heavy (non-hydrogen) atoms. The van der Waals surface area contributed by atoms with Crippen molar-refractivity contribution in [1.29, 1.82) is 5.41 Å². The topological polar surface area (TPSA) is 96.0 Å². The summed E-state index contributed by atoms with van der Waals surface area (Å²) in [6.45, 7) is 0. The summed E-state index contributed by atoms with van der Waals surface area (Å²) in [6, 6.07) is 6.92. The van der Waals surface area contributed by atoms with E-state index in [2.05, 4.69) is 5.32 Å². The molecule has 0 fully saturated rings. The Bertz CT molecular complexity index is 457. The molecule has 0 saturated carbocycles. The molecule has 96 valence electrons. The number of carbonyl (C=O) groups is 2. The van der Waals surface area contributed by atoms with Crippen molar-refractivity contribution >= 4 is 23.6 Å². The van der Waals surface area contributed by atoms with Crippen LogP contribution in [0, 0.1) is 11.3 Å². The van der Waals surface area contributed by atoms with Crippen LogP contribution in [0.4, 0.5) is 5.69 Å². The number of nitrogen functional groups attached to an aromatic ring is 1. The van der Waals surface area contributed by atoms with E-state index in [4.69, 9.17) is 11.1 Å². The molecule has 0 radical (unpaired) electrons. The summed E-state index contributed by atoms with van der Waals surface area (Å²) in [5, 5.41) is 10.6. The predicted molar refractivity (Wildman–Crippen MR) is 70.5 cm³/mol. The number of carbonyl (C=O) groups excluding carboxylic acids is 2. The molecular weight excluding hydrogens is 230 g/mol. The fourth-order valence-electron chi connectivity index (χ4n) is 1.75. The van der Waals surface area contributed by atoms with Gasteiger partial charge in [-0.25, -0.2) is 0 Å². The molecule has 1 atom stereocenters. The van der Waals surface area contributed by atoms with Crippen molar-refractivity contribution in [2.75, 3.05) is 12.8 Å². The Morgan fingerprint density at radius 3 is 2.72 bits per heavy atom. The number of amides is 1. The van der Waals surface area contributed by atoms with E-state index in [1.54, 1.807) is 24.3 Å². The first kappa shape index (κ1) is 13.9. The molecule has 0 aliphatic heterocycles. The first-order valence-electron chi connectivity index (χ1n) is 5.70. The van der Waals surface area contributed by atoms with Gasteiger partial charge in [-0.1, -0.05) is 18.2 Å². The first-order chi connectivity index (χ1) is 8.61. The molecule has 0 bridgehead atoms. The van der Waals surface area contributed by atoms with Crippen LogP contribution in [-0.4, -0.2) is 25.0 Å². The summed E-state index contributed by atoms with van der Waals surface area (Å²) < 4.78 is 0. The number of hydrogen-bond acceptors (Lipinski definition) is 4. The summed E-state index contributed by atoms with van der Waals surface area (Å²) in [5.74, 6) is -0.921. The van der Waals surface area contributed by atoms with Crippen LogP contribution in [0.5, 0.6) is 0 Å². The molecule has 0 saturated heterocycles. The lowest BCUT2D eigenvalue weighted by molar-refractivity contribution is -0.122. The summed E-state index contributed by atoms with van der Waals surface area (Å²) in [4.78, 5) is 22.2. The van der Waals surface area contributed by atoms with E-state index in [0.29, 0.717) is 17.7 Å². The number of nitrogens with two attached hydrogens (primary N) is 1. The fraction of sp³-hybridized carbons (Fsp3) is 0.308. The third kappa shape index (κ3) is 3.16. The molecule has 0 aliphatic rings. The average molecular weight is 247 g/mol. The third-order valence-corrected chi connectivity index (χ3v) is 2.74. The van der Waals surface area contributed by atoms with Crippen molar-refractivity contribution in [1.82, 2.24) is 5.32 Å². The van der Waals surface area contributed by atoms with Gasteiger partial charge in [0.1, 0.15) is 6.29 Å². The zero-order valence-electron chi connectivity index (χ0n) is 10.3. The first-order valence-corrected chi connectivity index (χ1v) is 5.70. The lowest BCUT2D eigenvalue weighted by Gasteiger charge is -2.17. The van der Waals surface area contributed by atoms with Crippen LogP contribution in [0.25, 0.3) is 0 Å². The van der Waals surface area contributed by atoms with E-state index in [1.165, 1.54) is 7.05 Å². The van der Waals surface area contributed by atoms with Crippen molar-refractivity contribution in [3.05, 3.63) is 29.8 Å². The van der Waals surface area contributed by atoms with Crippen LogP contribution in [0.3, 0.4) is 0 Å². The van der Waals surface area contributed by atoms with Crippen molar-refractivity contribution in [3.8, 4) is 0 Å². The van der Waals surface area contributed by atoms with Gasteiger partial charge < -0.3 is 21.3 Å². The Balaban J connectivity index is 2.98. The molecule has 5 nitrogen and oxygen atoms in total. The van der Waals surface area contributed by atoms with E-state index in [-0.39, 0.29) is 18.0 Å². The highest BCUT2D eigenvalue weighted by Crippen LogP contribution is 2.19. The predicted octanol–water partition coefficient (Wildman–Crippen LogP) is 0.978. The number of benzene rings is 1. The van der Waals surface area contributed by atoms with Crippen molar-refractivity contribution < 1.29 is 9.59 Å². The van der Waals surface area contributed by atoms with E-state index in [0.717, 1.165) is 6.29 Å². The summed E-state index contributed by atoms with van der Waals surface area (Å²) in [7, 11) is 1.51. The van der Waals surface area contributed by atoms with E-state index < -0.39 is 5.92 Å². The Labute approximate surface area is 106 Å². The van der Waals surface area contributed by atoms with Crippen LogP contribution in [-0.2, 0) is 9.59 Å². The van der Waals surface area contributed by atoms with Gasteiger partial charge >= 0.3 is 0 Å². The molecule has 1 amide bonds. The Hall–Kier alpha value is -2.17. The van der Waals surface area contributed by atoms with Crippen molar-refractivity contribution in [2.45, 2.75) is 12.8 Å². The lowest BCUT2D eigenvalue weighted by atomic mass is 9.91. The zero-order valence-corrected chi connectivity index (χ0v) is 10.3. The minimum Gasteiger partial charge on any atom is -0.398 e. The van der Waals surface area contributed by atoms with Gasteiger partial charge in [0, 0.05) is 24.7 Å². The van der Waals surface area contributed by atoms with Gasteiger partial charge in [-0.05, 0) is 12.5 Å². The molecule has 1 rings (SSSR count). The molecule has 1 aromatic rings. The van der Waals surface area contributed by atoms with Gasteiger partial charge in [0.15, 0.2) is 0 Å². The zero-order chi connectivity index (χ0) is 13.5. The highest BCUT2D eigenvalue weighted by atomic mass is 16.1. The van der Waals surface area contributed by atoms with Gasteiger partial charge in [-0.2, -0.15) is 0 Å². The number of rotatable bonds is 6. The van der Waals surface area contributed by atoms with Crippen LogP contribution in [0.15, 0.2) is 24.3 Å². The Morgan fingerprint density at radius 2 is 2.17 bits per heavy atom. The van der Waals surface area contributed by atoms with Crippen LogP contribution in [0.1, 0.15) is 18.4 Å². The SMILES string of the molecule is CNC(=O)C(CCC=O)C(=N)c1ccccc1N. The van der Waals surface area contributed by atoms with Crippen LogP contribution >= 0.6 is 0 Å². The summed E-state index contributed by atoms with van der Waals surface area (Å²) in [6.07, 6.45) is 1.31. The fourth-order valence-corrected chi connectivity index (χ4v) is 1.75. The van der Waals surface area contributed by atoms with Gasteiger partial charge in [0.05, 0.1) is 11.6 Å². The monoisotopic (exact) mass is 247 g/mol. The van der Waals surface area contributed by atoms with E-state index in [9.17, 15) is 9.59 Å². The number of nitrogens with one attached hydrogen (secondary N) is 2. The van der Waals surface area contributed by atoms with E-state index in [1.807, 2.05) is 0 Å². The summed E-state index contributed by atoms with van der Waals surface area (Å²) in [5.41, 5.74) is 6.93. The second kappa shape index (κ2) is 6.54.